The lowest BCUT2D eigenvalue weighted by atomic mass is 9.79. The number of ether oxygens (including phenoxy) is 2. The highest BCUT2D eigenvalue weighted by Crippen LogP contribution is 2.28. The molecule has 10 heteroatoms. The molecule has 0 spiro atoms. The lowest BCUT2D eigenvalue weighted by Gasteiger charge is -2.20. The van der Waals surface area contributed by atoms with Gasteiger partial charge in [-0.1, -0.05) is 36.4 Å². The number of nitrogen functional groups attached to an aromatic ring is 1. The number of nitrogens with zero attached hydrogens (tertiary/aromatic N) is 2. The molecular weight excluding hydrogens is 435 g/mol. The van der Waals surface area contributed by atoms with Gasteiger partial charge in [0.1, 0.15) is 16.9 Å². The third-order valence-corrected chi connectivity index (χ3v) is 4.65. The summed E-state index contributed by atoms with van der Waals surface area (Å²) in [5, 5.41) is 22.7. The van der Waals surface area contributed by atoms with E-state index >= 15 is 0 Å². The summed E-state index contributed by atoms with van der Waals surface area (Å²) in [5.41, 5.74) is 7.42. The molecule has 4 rings (SSSR count). The van der Waals surface area contributed by atoms with Gasteiger partial charge in [-0.05, 0) is 39.0 Å². The fraction of sp³-hybridized carbons (Fsp3) is 0.208. The van der Waals surface area contributed by atoms with Gasteiger partial charge >= 0.3 is 13.2 Å². The molecule has 9 nitrogen and oxygen atoms in total. The monoisotopic (exact) mass is 462 g/mol. The molecule has 4 aromatic rings. The average Bonchev–Trinajstić information content (AvgIpc) is 2.78. The summed E-state index contributed by atoms with van der Waals surface area (Å²) in [4.78, 5) is 20.1. The Morgan fingerprint density at radius 3 is 2.41 bits per heavy atom. The standard InChI is InChI=1S/C13H11N3O.C11H16BNO4/c1-17-8-6-10-9-4-2-3-5-11(9)16-13(14)12(10)15-7-8;1-11(2,3)17-10(14)13-9-7-5-4-6-8(9)12(15)16/h2-7H,1H3,(H2,14,16);4-7,15-16H,1-3H3,(H,13,14). The Labute approximate surface area is 197 Å². The number of fused-ring (bicyclic) bond motifs is 3. The van der Waals surface area contributed by atoms with Crippen molar-refractivity contribution in [2.75, 3.05) is 18.2 Å². The van der Waals surface area contributed by atoms with E-state index in [9.17, 15) is 4.79 Å². The Morgan fingerprint density at radius 1 is 1.06 bits per heavy atom. The highest BCUT2D eigenvalue weighted by molar-refractivity contribution is 6.60. The van der Waals surface area contributed by atoms with Crippen molar-refractivity contribution in [2.24, 2.45) is 0 Å². The van der Waals surface area contributed by atoms with E-state index in [1.54, 1.807) is 52.3 Å². The van der Waals surface area contributed by atoms with Crippen LogP contribution in [0.25, 0.3) is 21.8 Å². The number of nitrogens with one attached hydrogen (secondary N) is 1. The quantitative estimate of drug-likeness (QED) is 0.269. The van der Waals surface area contributed by atoms with Gasteiger partial charge in [0.15, 0.2) is 5.82 Å². The van der Waals surface area contributed by atoms with E-state index in [1.165, 1.54) is 6.07 Å². The van der Waals surface area contributed by atoms with E-state index in [0.29, 0.717) is 22.8 Å². The molecule has 2 heterocycles. The van der Waals surface area contributed by atoms with Crippen molar-refractivity contribution in [3.63, 3.8) is 0 Å². The summed E-state index contributed by atoms with van der Waals surface area (Å²) in [7, 11) is -0.0172. The van der Waals surface area contributed by atoms with E-state index in [1.807, 2.05) is 30.3 Å². The van der Waals surface area contributed by atoms with Crippen LogP contribution in [0.15, 0.2) is 60.8 Å². The molecule has 0 fully saturated rings. The lowest BCUT2D eigenvalue weighted by molar-refractivity contribution is 0.0636. The molecule has 0 atom stereocenters. The zero-order valence-electron chi connectivity index (χ0n) is 19.4. The summed E-state index contributed by atoms with van der Waals surface area (Å²) in [6.45, 7) is 5.25. The largest absolute Gasteiger partial charge is 0.495 e. The number of carbonyl (C=O) groups is 1. The Morgan fingerprint density at radius 2 is 1.74 bits per heavy atom. The van der Waals surface area contributed by atoms with Crippen LogP contribution < -0.4 is 21.3 Å². The van der Waals surface area contributed by atoms with Gasteiger partial charge in [-0.25, -0.2) is 14.8 Å². The molecule has 34 heavy (non-hydrogen) atoms. The third-order valence-electron chi connectivity index (χ3n) is 4.65. The van der Waals surface area contributed by atoms with Crippen molar-refractivity contribution < 1.29 is 24.3 Å². The molecule has 0 aliphatic carbocycles. The van der Waals surface area contributed by atoms with Crippen LogP contribution in [0.1, 0.15) is 20.8 Å². The second-order valence-corrected chi connectivity index (χ2v) is 8.37. The Hall–Kier alpha value is -3.89. The maximum Gasteiger partial charge on any atom is 0.490 e. The number of hydrogen-bond acceptors (Lipinski definition) is 8. The number of carbonyl (C=O) groups excluding carboxylic acids is 1. The highest BCUT2D eigenvalue weighted by atomic mass is 16.6. The van der Waals surface area contributed by atoms with Crippen molar-refractivity contribution in [2.45, 2.75) is 26.4 Å². The van der Waals surface area contributed by atoms with E-state index in [-0.39, 0.29) is 5.46 Å². The number of aromatic nitrogens is 2. The molecule has 0 aliphatic heterocycles. The van der Waals surface area contributed by atoms with Crippen molar-refractivity contribution in [3.8, 4) is 5.75 Å². The normalized spacial score (nSPS) is 10.9. The Bertz CT molecular complexity index is 1310. The molecule has 5 N–H and O–H groups in total. The van der Waals surface area contributed by atoms with Crippen LogP contribution in [-0.2, 0) is 4.74 Å². The smallest absolute Gasteiger partial charge is 0.490 e. The molecule has 0 unspecified atom stereocenters. The first-order chi connectivity index (χ1) is 16.1. The SMILES string of the molecule is CC(C)(C)OC(=O)Nc1ccccc1B(O)O.COc1cnc2c(N)nc3ccccc3c2c1. The number of anilines is 2. The summed E-state index contributed by atoms with van der Waals surface area (Å²) < 4.78 is 10.3. The average molecular weight is 462 g/mol. The van der Waals surface area contributed by atoms with E-state index in [4.69, 9.17) is 25.3 Å². The van der Waals surface area contributed by atoms with E-state index in [2.05, 4.69) is 15.3 Å². The predicted molar refractivity (Wildman–Crippen MR) is 134 cm³/mol. The highest BCUT2D eigenvalue weighted by Gasteiger charge is 2.20. The van der Waals surface area contributed by atoms with E-state index in [0.717, 1.165) is 16.3 Å². The van der Waals surface area contributed by atoms with Crippen molar-refractivity contribution in [1.82, 2.24) is 9.97 Å². The van der Waals surface area contributed by atoms with Gasteiger partial charge in [0, 0.05) is 21.9 Å². The van der Waals surface area contributed by atoms with Crippen molar-refractivity contribution in [1.29, 1.82) is 0 Å². The summed E-state index contributed by atoms with van der Waals surface area (Å²) in [6, 6.07) is 16.2. The molecular formula is C24H27BN4O5. The molecule has 2 aromatic carbocycles. The number of benzene rings is 2. The Kier molecular flexibility index (Phi) is 7.55. The first-order valence-corrected chi connectivity index (χ1v) is 10.5. The number of para-hydroxylation sites is 2. The molecule has 2 aromatic heterocycles. The van der Waals surface area contributed by atoms with Crippen LogP contribution in [0.4, 0.5) is 16.3 Å². The Balaban J connectivity index is 0.000000191. The molecule has 0 saturated carbocycles. The zero-order valence-corrected chi connectivity index (χ0v) is 19.4. The van der Waals surface area contributed by atoms with Gasteiger partial charge in [-0.15, -0.1) is 0 Å². The minimum absolute atomic E-state index is 0.221. The van der Waals surface area contributed by atoms with Crippen LogP contribution in [0.5, 0.6) is 5.75 Å². The van der Waals surface area contributed by atoms with Gasteiger partial charge < -0.3 is 25.3 Å². The fourth-order valence-corrected chi connectivity index (χ4v) is 3.20. The fourth-order valence-electron chi connectivity index (χ4n) is 3.20. The summed E-state index contributed by atoms with van der Waals surface area (Å²) in [6.07, 6.45) is 1.01. The van der Waals surface area contributed by atoms with Gasteiger partial charge in [0.05, 0.1) is 18.8 Å². The summed E-state index contributed by atoms with van der Waals surface area (Å²) >= 11 is 0. The number of pyridine rings is 2. The lowest BCUT2D eigenvalue weighted by Crippen LogP contribution is -2.35. The van der Waals surface area contributed by atoms with E-state index < -0.39 is 18.8 Å². The van der Waals surface area contributed by atoms with Gasteiger partial charge in [0.2, 0.25) is 0 Å². The molecule has 176 valence electrons. The molecule has 0 bridgehead atoms. The molecule has 0 aliphatic rings. The second kappa shape index (κ2) is 10.4. The van der Waals surface area contributed by atoms with Crippen molar-refractivity contribution >= 4 is 52.0 Å². The first kappa shape index (κ1) is 24.8. The van der Waals surface area contributed by atoms with Crippen LogP contribution in [0.2, 0.25) is 0 Å². The van der Waals surface area contributed by atoms with Crippen molar-refractivity contribution in [3.05, 3.63) is 60.8 Å². The maximum atomic E-state index is 11.5. The number of methoxy groups -OCH3 is 1. The van der Waals surface area contributed by atoms with Gasteiger partial charge in [-0.3, -0.25) is 5.32 Å². The number of nitrogens with two attached hydrogens (primary N) is 1. The third kappa shape index (κ3) is 6.12. The summed E-state index contributed by atoms with van der Waals surface area (Å²) in [5.74, 6) is 1.16. The molecule has 0 saturated heterocycles. The molecule has 1 amide bonds. The topological polar surface area (TPSA) is 140 Å². The minimum Gasteiger partial charge on any atom is -0.495 e. The van der Waals surface area contributed by atoms with Crippen LogP contribution >= 0.6 is 0 Å². The van der Waals surface area contributed by atoms with Crippen LogP contribution in [0.3, 0.4) is 0 Å². The first-order valence-electron chi connectivity index (χ1n) is 10.5. The van der Waals surface area contributed by atoms with Gasteiger partial charge in [-0.2, -0.15) is 0 Å². The van der Waals surface area contributed by atoms with Crippen LogP contribution in [0, 0.1) is 0 Å². The van der Waals surface area contributed by atoms with Crippen LogP contribution in [-0.4, -0.2) is 45.9 Å². The zero-order chi connectivity index (χ0) is 24.9. The maximum absolute atomic E-state index is 11.5. The number of hydrogen-bond donors (Lipinski definition) is 4. The predicted octanol–water partition coefficient (Wildman–Crippen LogP) is 3.09. The number of rotatable bonds is 3. The number of amides is 1. The second-order valence-electron chi connectivity index (χ2n) is 8.37. The van der Waals surface area contributed by atoms with Gasteiger partial charge in [0.25, 0.3) is 0 Å². The minimum atomic E-state index is -1.64. The molecule has 0 radical (unpaired) electrons.